The van der Waals surface area contributed by atoms with Gasteiger partial charge < -0.3 is 10.4 Å². The van der Waals surface area contributed by atoms with E-state index in [9.17, 15) is 5.11 Å². The van der Waals surface area contributed by atoms with E-state index in [4.69, 9.17) is 11.6 Å². The Balaban J connectivity index is 2.07. The molecule has 0 aliphatic heterocycles. The lowest BCUT2D eigenvalue weighted by atomic mass is 10.1. The molecule has 19 heavy (non-hydrogen) atoms. The molecule has 0 aliphatic carbocycles. The lowest BCUT2D eigenvalue weighted by molar-refractivity contribution is 0.456. The van der Waals surface area contributed by atoms with Crippen LogP contribution in [0.5, 0.6) is 5.75 Å². The third-order valence-corrected chi connectivity index (χ3v) is 3.64. The zero-order chi connectivity index (χ0) is 13.8. The van der Waals surface area contributed by atoms with E-state index in [1.165, 1.54) is 0 Å². The molecule has 100 valence electrons. The molecule has 0 radical (unpaired) electrons. The van der Waals surface area contributed by atoms with Crippen molar-refractivity contribution < 1.29 is 5.11 Å². The molecule has 2 aromatic rings. The second kappa shape index (κ2) is 6.09. The van der Waals surface area contributed by atoms with Gasteiger partial charge in [0.2, 0.25) is 0 Å². The summed E-state index contributed by atoms with van der Waals surface area (Å²) in [6.45, 7) is 4.57. The van der Waals surface area contributed by atoms with E-state index in [0.717, 1.165) is 21.7 Å². The summed E-state index contributed by atoms with van der Waals surface area (Å²) in [5.41, 5.74) is 2.86. The van der Waals surface area contributed by atoms with Crippen molar-refractivity contribution in [2.75, 3.05) is 0 Å². The molecule has 3 heteroatoms. The van der Waals surface area contributed by atoms with Gasteiger partial charge in [-0.05, 0) is 31.0 Å². The molecular formula is C16H18ClNO. The highest BCUT2D eigenvalue weighted by atomic mass is 35.5. The number of aromatic hydroxyl groups is 1. The van der Waals surface area contributed by atoms with Crippen LogP contribution < -0.4 is 5.32 Å². The Morgan fingerprint density at radius 2 is 1.89 bits per heavy atom. The van der Waals surface area contributed by atoms with Crippen molar-refractivity contribution in [1.29, 1.82) is 0 Å². The zero-order valence-corrected chi connectivity index (χ0v) is 11.9. The Bertz CT molecular complexity index is 568. The number of para-hydroxylation sites is 1. The van der Waals surface area contributed by atoms with Gasteiger partial charge in [0.05, 0.1) is 0 Å². The van der Waals surface area contributed by atoms with Crippen molar-refractivity contribution in [1.82, 2.24) is 5.32 Å². The van der Waals surface area contributed by atoms with E-state index in [2.05, 4.69) is 12.2 Å². The Kier molecular flexibility index (Phi) is 4.46. The van der Waals surface area contributed by atoms with Crippen LogP contribution in [0.4, 0.5) is 0 Å². The molecular weight excluding hydrogens is 258 g/mol. The summed E-state index contributed by atoms with van der Waals surface area (Å²) >= 11 is 6.17. The van der Waals surface area contributed by atoms with E-state index < -0.39 is 0 Å². The van der Waals surface area contributed by atoms with Crippen LogP contribution in [0.25, 0.3) is 0 Å². The van der Waals surface area contributed by atoms with Crippen LogP contribution in [0, 0.1) is 6.92 Å². The number of nitrogens with one attached hydrogen (secondary N) is 1. The van der Waals surface area contributed by atoms with Gasteiger partial charge in [-0.25, -0.2) is 0 Å². The summed E-state index contributed by atoms with van der Waals surface area (Å²) in [6, 6.07) is 13.7. The predicted octanol–water partition coefficient (Wildman–Crippen LogP) is 4.20. The maximum atomic E-state index is 9.97. The van der Waals surface area contributed by atoms with E-state index in [-0.39, 0.29) is 6.04 Å². The van der Waals surface area contributed by atoms with Gasteiger partial charge in [0.1, 0.15) is 5.75 Å². The number of hydrogen-bond donors (Lipinski definition) is 2. The molecule has 0 spiro atoms. The largest absolute Gasteiger partial charge is 0.507 e. The Hall–Kier alpha value is -1.51. The monoisotopic (exact) mass is 275 g/mol. The van der Waals surface area contributed by atoms with Crippen LogP contribution in [0.2, 0.25) is 5.02 Å². The third kappa shape index (κ3) is 3.28. The van der Waals surface area contributed by atoms with E-state index >= 15 is 0 Å². The second-order valence-corrected chi connectivity index (χ2v) is 5.11. The lowest BCUT2D eigenvalue weighted by Crippen LogP contribution is -2.18. The molecule has 0 saturated carbocycles. The van der Waals surface area contributed by atoms with Crippen LogP contribution in [0.15, 0.2) is 42.5 Å². The minimum atomic E-state index is 0.133. The number of phenols is 1. The Labute approximate surface area is 119 Å². The Morgan fingerprint density at radius 1 is 1.16 bits per heavy atom. The van der Waals surface area contributed by atoms with Gasteiger partial charge in [-0.2, -0.15) is 0 Å². The predicted molar refractivity (Wildman–Crippen MR) is 79.6 cm³/mol. The first-order valence-electron chi connectivity index (χ1n) is 6.35. The van der Waals surface area contributed by atoms with Crippen LogP contribution in [0.3, 0.4) is 0 Å². The lowest BCUT2D eigenvalue weighted by Gasteiger charge is -2.16. The van der Waals surface area contributed by atoms with Crippen LogP contribution >= 0.6 is 11.6 Å². The quantitative estimate of drug-likeness (QED) is 0.876. The molecule has 1 atom stereocenters. The summed E-state index contributed by atoms with van der Waals surface area (Å²) < 4.78 is 0. The summed E-state index contributed by atoms with van der Waals surface area (Å²) in [4.78, 5) is 0. The average molecular weight is 276 g/mol. The standard InChI is InChI=1S/C16H18ClNO/c1-11-6-5-7-13(16(11)19)10-18-12(2)14-8-3-4-9-15(14)17/h3-9,12,18-19H,10H2,1-2H3. The van der Waals surface area contributed by atoms with Crippen molar-refractivity contribution in [2.45, 2.75) is 26.4 Å². The molecule has 0 amide bonds. The molecule has 0 fully saturated rings. The number of phenolic OH excluding ortho intramolecular Hbond substituents is 1. The molecule has 0 aliphatic rings. The summed E-state index contributed by atoms with van der Waals surface area (Å²) in [5.74, 6) is 0.362. The average Bonchev–Trinajstić information content (AvgIpc) is 2.40. The van der Waals surface area contributed by atoms with Gasteiger partial charge in [-0.1, -0.05) is 48.0 Å². The molecule has 2 aromatic carbocycles. The number of aryl methyl sites for hydroxylation is 1. The Morgan fingerprint density at radius 3 is 2.63 bits per heavy atom. The van der Waals surface area contributed by atoms with E-state index in [1.54, 1.807) is 0 Å². The number of rotatable bonds is 4. The fraction of sp³-hybridized carbons (Fsp3) is 0.250. The third-order valence-electron chi connectivity index (χ3n) is 3.29. The molecule has 2 N–H and O–H groups in total. The summed E-state index contributed by atoms with van der Waals surface area (Å²) in [7, 11) is 0. The van der Waals surface area contributed by atoms with Crippen LogP contribution in [-0.4, -0.2) is 5.11 Å². The molecule has 0 heterocycles. The van der Waals surface area contributed by atoms with Crippen molar-refractivity contribution in [3.8, 4) is 5.75 Å². The van der Waals surface area contributed by atoms with Crippen molar-refractivity contribution in [3.63, 3.8) is 0 Å². The molecule has 2 nitrogen and oxygen atoms in total. The minimum absolute atomic E-state index is 0.133. The normalized spacial score (nSPS) is 12.4. The maximum Gasteiger partial charge on any atom is 0.122 e. The summed E-state index contributed by atoms with van der Waals surface area (Å²) in [5, 5.41) is 14.1. The SMILES string of the molecule is Cc1cccc(CNC(C)c2ccccc2Cl)c1O. The van der Waals surface area contributed by atoms with Gasteiger partial charge in [-0.15, -0.1) is 0 Å². The molecule has 1 unspecified atom stereocenters. The maximum absolute atomic E-state index is 9.97. The van der Waals surface area contributed by atoms with Gasteiger partial charge in [0.15, 0.2) is 0 Å². The number of benzene rings is 2. The second-order valence-electron chi connectivity index (χ2n) is 4.71. The fourth-order valence-corrected chi connectivity index (χ4v) is 2.36. The first-order chi connectivity index (χ1) is 9.09. The first-order valence-corrected chi connectivity index (χ1v) is 6.72. The van der Waals surface area contributed by atoms with Gasteiger partial charge >= 0.3 is 0 Å². The van der Waals surface area contributed by atoms with E-state index in [0.29, 0.717) is 12.3 Å². The van der Waals surface area contributed by atoms with Crippen molar-refractivity contribution in [2.24, 2.45) is 0 Å². The van der Waals surface area contributed by atoms with Crippen molar-refractivity contribution in [3.05, 3.63) is 64.2 Å². The van der Waals surface area contributed by atoms with Crippen LogP contribution in [0.1, 0.15) is 29.7 Å². The molecule has 0 bridgehead atoms. The highest BCUT2D eigenvalue weighted by Gasteiger charge is 2.10. The van der Waals surface area contributed by atoms with Gasteiger partial charge in [0.25, 0.3) is 0 Å². The fourth-order valence-electron chi connectivity index (χ4n) is 2.06. The first kappa shape index (κ1) is 13.9. The highest BCUT2D eigenvalue weighted by molar-refractivity contribution is 6.31. The molecule has 2 rings (SSSR count). The van der Waals surface area contributed by atoms with Crippen LogP contribution in [-0.2, 0) is 6.54 Å². The smallest absolute Gasteiger partial charge is 0.122 e. The zero-order valence-electron chi connectivity index (χ0n) is 11.2. The molecule has 0 saturated heterocycles. The minimum Gasteiger partial charge on any atom is -0.507 e. The molecule has 0 aromatic heterocycles. The van der Waals surface area contributed by atoms with Gasteiger partial charge in [0, 0.05) is 23.2 Å². The van der Waals surface area contributed by atoms with Crippen molar-refractivity contribution >= 4 is 11.6 Å². The number of hydrogen-bond acceptors (Lipinski definition) is 2. The topological polar surface area (TPSA) is 32.3 Å². The van der Waals surface area contributed by atoms with E-state index in [1.807, 2.05) is 49.4 Å². The highest BCUT2D eigenvalue weighted by Crippen LogP contribution is 2.25. The number of halogens is 1. The summed E-state index contributed by atoms with van der Waals surface area (Å²) in [6.07, 6.45) is 0. The van der Waals surface area contributed by atoms with Gasteiger partial charge in [-0.3, -0.25) is 0 Å².